The number of fused-ring (bicyclic) bond motifs is 1. The molecule has 1 aromatic heterocycles. The lowest BCUT2D eigenvalue weighted by Crippen LogP contribution is -2.41. The zero-order chi connectivity index (χ0) is 20.4. The first-order valence-electron chi connectivity index (χ1n) is 10.4. The van der Waals surface area contributed by atoms with Crippen LogP contribution in [-0.2, 0) is 24.2 Å². The molecule has 0 radical (unpaired) electrons. The van der Waals surface area contributed by atoms with E-state index in [2.05, 4.69) is 24.3 Å². The minimum Gasteiger partial charge on any atom is -0.378 e. The fourth-order valence-electron chi connectivity index (χ4n) is 4.41. The molecule has 6 nitrogen and oxygen atoms in total. The normalized spacial score (nSPS) is 19.3. The van der Waals surface area contributed by atoms with Crippen LogP contribution in [0.15, 0.2) is 18.3 Å². The number of morpholine rings is 1. The average Bonchev–Trinajstić information content (AvgIpc) is 3.13. The molecule has 1 aromatic carbocycles. The number of nitrogens with one attached hydrogen (secondary N) is 1. The van der Waals surface area contributed by atoms with Crippen molar-refractivity contribution in [1.82, 2.24) is 20.0 Å². The average molecular weight is 417 g/mol. The standard InChI is InChI=1S/C22H29ClN4O2/c1-15-9-18(23)10-16(2)19(15)13-24-12-17-3-4-27-21(11-17)20(14-25-27)22(28)26-5-7-29-8-6-26/h9-10,14,17,24H,3-8,11-13H2,1-2H3/t17-/m0/s1. The van der Waals surface area contributed by atoms with Gasteiger partial charge in [-0.3, -0.25) is 9.48 Å². The van der Waals surface area contributed by atoms with Crippen molar-refractivity contribution in [3.8, 4) is 0 Å². The van der Waals surface area contributed by atoms with Gasteiger partial charge in [0.15, 0.2) is 0 Å². The maximum absolute atomic E-state index is 12.9. The molecule has 4 rings (SSSR count). The Kier molecular flexibility index (Phi) is 6.23. The highest BCUT2D eigenvalue weighted by Gasteiger charge is 2.28. The number of halogens is 1. The summed E-state index contributed by atoms with van der Waals surface area (Å²) < 4.78 is 7.38. The molecular weight excluding hydrogens is 388 g/mol. The molecule has 0 spiro atoms. The Morgan fingerprint density at radius 1 is 1.24 bits per heavy atom. The van der Waals surface area contributed by atoms with E-state index >= 15 is 0 Å². The summed E-state index contributed by atoms with van der Waals surface area (Å²) in [6, 6.07) is 4.04. The molecule has 0 aliphatic carbocycles. The lowest BCUT2D eigenvalue weighted by Gasteiger charge is -2.28. The maximum Gasteiger partial charge on any atom is 0.257 e. The van der Waals surface area contributed by atoms with Crippen molar-refractivity contribution < 1.29 is 9.53 Å². The van der Waals surface area contributed by atoms with E-state index < -0.39 is 0 Å². The van der Waals surface area contributed by atoms with Gasteiger partial charge in [0, 0.05) is 31.2 Å². The smallest absolute Gasteiger partial charge is 0.257 e. The highest BCUT2D eigenvalue weighted by molar-refractivity contribution is 6.30. The summed E-state index contributed by atoms with van der Waals surface area (Å²) >= 11 is 6.15. The highest BCUT2D eigenvalue weighted by atomic mass is 35.5. The molecule has 1 atom stereocenters. The van der Waals surface area contributed by atoms with Crippen molar-refractivity contribution in [3.05, 3.63) is 51.3 Å². The zero-order valence-corrected chi connectivity index (χ0v) is 18.0. The lowest BCUT2D eigenvalue weighted by molar-refractivity contribution is 0.0301. The van der Waals surface area contributed by atoms with Crippen molar-refractivity contribution in [2.24, 2.45) is 5.92 Å². The van der Waals surface area contributed by atoms with Gasteiger partial charge in [-0.05, 0) is 68.0 Å². The highest BCUT2D eigenvalue weighted by Crippen LogP contribution is 2.25. The van der Waals surface area contributed by atoms with Crippen LogP contribution in [0.25, 0.3) is 0 Å². The van der Waals surface area contributed by atoms with Crippen molar-refractivity contribution in [1.29, 1.82) is 0 Å². The number of hydrogen-bond donors (Lipinski definition) is 1. The maximum atomic E-state index is 12.9. The van der Waals surface area contributed by atoms with Crippen LogP contribution in [0.1, 0.15) is 39.2 Å². The molecule has 29 heavy (non-hydrogen) atoms. The van der Waals surface area contributed by atoms with E-state index in [-0.39, 0.29) is 5.91 Å². The molecule has 2 aliphatic heterocycles. The van der Waals surface area contributed by atoms with E-state index in [0.717, 1.165) is 48.8 Å². The third-order valence-corrected chi connectivity index (χ3v) is 6.32. The molecule has 2 aliphatic rings. The van der Waals surface area contributed by atoms with Gasteiger partial charge >= 0.3 is 0 Å². The summed E-state index contributed by atoms with van der Waals surface area (Å²) in [7, 11) is 0. The van der Waals surface area contributed by atoms with E-state index in [1.54, 1.807) is 6.20 Å². The van der Waals surface area contributed by atoms with Gasteiger partial charge in [0.05, 0.1) is 30.7 Å². The van der Waals surface area contributed by atoms with E-state index in [1.165, 1.54) is 16.7 Å². The number of rotatable bonds is 5. The summed E-state index contributed by atoms with van der Waals surface area (Å²) in [6.07, 6.45) is 3.71. The van der Waals surface area contributed by atoms with Crippen LogP contribution in [0, 0.1) is 19.8 Å². The van der Waals surface area contributed by atoms with Crippen LogP contribution in [-0.4, -0.2) is 53.4 Å². The van der Waals surface area contributed by atoms with Crippen LogP contribution in [0.3, 0.4) is 0 Å². The molecule has 0 unspecified atom stereocenters. The van der Waals surface area contributed by atoms with Crippen molar-refractivity contribution in [2.75, 3.05) is 32.8 Å². The van der Waals surface area contributed by atoms with Gasteiger partial charge in [-0.1, -0.05) is 11.6 Å². The number of aromatic nitrogens is 2. The van der Waals surface area contributed by atoms with Crippen molar-refractivity contribution in [3.63, 3.8) is 0 Å². The second-order valence-electron chi connectivity index (χ2n) is 8.14. The Balaban J connectivity index is 1.37. The summed E-state index contributed by atoms with van der Waals surface area (Å²) in [5, 5.41) is 8.89. The van der Waals surface area contributed by atoms with Crippen LogP contribution in [0.2, 0.25) is 5.02 Å². The SMILES string of the molecule is Cc1cc(Cl)cc(C)c1CNC[C@H]1CCn2ncc(C(=O)N3CCOCC3)c2C1. The first-order valence-corrected chi connectivity index (χ1v) is 10.8. The number of carbonyl (C=O) groups is 1. The fraction of sp³-hybridized carbons (Fsp3) is 0.545. The molecular formula is C22H29ClN4O2. The monoisotopic (exact) mass is 416 g/mol. The van der Waals surface area contributed by atoms with E-state index in [4.69, 9.17) is 16.3 Å². The number of hydrogen-bond acceptors (Lipinski definition) is 4. The minimum atomic E-state index is 0.0931. The molecule has 1 amide bonds. The number of aryl methyl sites for hydroxylation is 3. The third-order valence-electron chi connectivity index (χ3n) is 6.10. The van der Waals surface area contributed by atoms with E-state index in [9.17, 15) is 4.79 Å². The molecule has 7 heteroatoms. The Bertz CT molecular complexity index is 866. The molecule has 1 saturated heterocycles. The van der Waals surface area contributed by atoms with E-state index in [0.29, 0.717) is 32.2 Å². The Morgan fingerprint density at radius 2 is 1.97 bits per heavy atom. The summed E-state index contributed by atoms with van der Waals surface area (Å²) in [4.78, 5) is 14.8. The van der Waals surface area contributed by atoms with Crippen LogP contribution in [0.4, 0.5) is 0 Å². The zero-order valence-electron chi connectivity index (χ0n) is 17.2. The van der Waals surface area contributed by atoms with Crippen LogP contribution < -0.4 is 5.32 Å². The fourth-order valence-corrected chi connectivity index (χ4v) is 4.74. The first-order chi connectivity index (χ1) is 14.0. The number of amides is 1. The van der Waals surface area contributed by atoms with Gasteiger partial charge < -0.3 is 15.0 Å². The molecule has 3 heterocycles. The summed E-state index contributed by atoms with van der Waals surface area (Å²) in [5.74, 6) is 0.596. The third kappa shape index (κ3) is 4.49. The number of benzene rings is 1. The first kappa shape index (κ1) is 20.4. The van der Waals surface area contributed by atoms with Crippen molar-refractivity contribution >= 4 is 17.5 Å². The van der Waals surface area contributed by atoms with Crippen molar-refractivity contribution in [2.45, 2.75) is 39.8 Å². The van der Waals surface area contributed by atoms with Crippen LogP contribution >= 0.6 is 11.6 Å². The molecule has 0 bridgehead atoms. The topological polar surface area (TPSA) is 59.4 Å². The quantitative estimate of drug-likeness (QED) is 0.814. The molecule has 1 fully saturated rings. The second-order valence-corrected chi connectivity index (χ2v) is 8.58. The summed E-state index contributed by atoms with van der Waals surface area (Å²) in [6.45, 7) is 9.41. The largest absolute Gasteiger partial charge is 0.378 e. The predicted molar refractivity (Wildman–Crippen MR) is 113 cm³/mol. The van der Waals surface area contributed by atoms with Gasteiger partial charge in [-0.2, -0.15) is 5.10 Å². The second kappa shape index (κ2) is 8.86. The lowest BCUT2D eigenvalue weighted by atomic mass is 9.93. The van der Waals surface area contributed by atoms with Gasteiger partial charge in [0.25, 0.3) is 5.91 Å². The Labute approximate surface area is 177 Å². The molecule has 156 valence electrons. The Morgan fingerprint density at radius 3 is 2.69 bits per heavy atom. The minimum absolute atomic E-state index is 0.0931. The predicted octanol–water partition coefficient (Wildman–Crippen LogP) is 2.98. The molecule has 0 saturated carbocycles. The molecule has 2 aromatic rings. The molecule has 1 N–H and O–H groups in total. The van der Waals surface area contributed by atoms with Gasteiger partial charge in [0.2, 0.25) is 0 Å². The number of nitrogens with zero attached hydrogens (tertiary/aromatic N) is 3. The number of carbonyl (C=O) groups excluding carboxylic acids is 1. The van der Waals surface area contributed by atoms with Gasteiger partial charge in [-0.25, -0.2) is 0 Å². The number of ether oxygens (including phenoxy) is 1. The van der Waals surface area contributed by atoms with Gasteiger partial charge in [-0.15, -0.1) is 0 Å². The van der Waals surface area contributed by atoms with Gasteiger partial charge in [0.1, 0.15) is 0 Å². The summed E-state index contributed by atoms with van der Waals surface area (Å²) in [5.41, 5.74) is 5.61. The van der Waals surface area contributed by atoms with E-state index in [1.807, 2.05) is 21.7 Å². The van der Waals surface area contributed by atoms with Crippen LogP contribution in [0.5, 0.6) is 0 Å². The Hall–Kier alpha value is -1.89.